The monoisotopic (exact) mass is 352 g/mol. The Morgan fingerprint density at radius 2 is 1.37 bits per heavy atom. The van der Waals surface area contributed by atoms with Crippen LogP contribution in [0, 0.1) is 6.92 Å². The SMILES string of the molecule is Cc1cc(-c2ccccc2)n([C@@H](C(=O)c2ccccc2)c2ccccc2)n1. The van der Waals surface area contributed by atoms with Gasteiger partial charge in [-0.25, -0.2) is 4.68 Å². The van der Waals surface area contributed by atoms with Gasteiger partial charge in [0.25, 0.3) is 0 Å². The molecule has 1 heterocycles. The lowest BCUT2D eigenvalue weighted by Crippen LogP contribution is -2.23. The van der Waals surface area contributed by atoms with Crippen LogP contribution in [0.4, 0.5) is 0 Å². The molecule has 0 unspecified atom stereocenters. The number of hydrogen-bond donors (Lipinski definition) is 0. The third-order valence-electron chi connectivity index (χ3n) is 4.59. The molecule has 1 atom stereocenters. The fourth-order valence-corrected chi connectivity index (χ4v) is 3.34. The molecule has 1 aromatic heterocycles. The van der Waals surface area contributed by atoms with Gasteiger partial charge >= 0.3 is 0 Å². The minimum atomic E-state index is -0.516. The van der Waals surface area contributed by atoms with Crippen molar-refractivity contribution in [3.8, 4) is 11.3 Å². The molecule has 3 heteroatoms. The molecule has 0 aliphatic rings. The van der Waals surface area contributed by atoms with E-state index in [0.717, 1.165) is 22.5 Å². The van der Waals surface area contributed by atoms with Crippen LogP contribution in [0.15, 0.2) is 97.1 Å². The van der Waals surface area contributed by atoms with E-state index in [-0.39, 0.29) is 5.78 Å². The molecule has 0 saturated carbocycles. The van der Waals surface area contributed by atoms with Gasteiger partial charge in [-0.2, -0.15) is 5.10 Å². The van der Waals surface area contributed by atoms with Crippen molar-refractivity contribution in [1.82, 2.24) is 9.78 Å². The number of nitrogens with zero attached hydrogens (tertiary/aromatic N) is 2. The van der Waals surface area contributed by atoms with Crippen LogP contribution in [0.1, 0.15) is 27.7 Å². The molecular weight excluding hydrogens is 332 g/mol. The van der Waals surface area contributed by atoms with E-state index in [1.54, 1.807) is 0 Å². The first-order chi connectivity index (χ1) is 13.2. The maximum atomic E-state index is 13.5. The van der Waals surface area contributed by atoms with E-state index in [2.05, 4.69) is 0 Å². The molecule has 4 rings (SSSR count). The van der Waals surface area contributed by atoms with Gasteiger partial charge in [0.1, 0.15) is 6.04 Å². The highest BCUT2D eigenvalue weighted by Crippen LogP contribution is 2.29. The van der Waals surface area contributed by atoms with Gasteiger partial charge < -0.3 is 0 Å². The Morgan fingerprint density at radius 1 is 0.815 bits per heavy atom. The van der Waals surface area contributed by atoms with Crippen molar-refractivity contribution in [3.63, 3.8) is 0 Å². The summed E-state index contributed by atoms with van der Waals surface area (Å²) in [4.78, 5) is 13.5. The van der Waals surface area contributed by atoms with E-state index >= 15 is 0 Å². The maximum absolute atomic E-state index is 13.5. The van der Waals surface area contributed by atoms with E-state index in [9.17, 15) is 4.79 Å². The van der Waals surface area contributed by atoms with Crippen LogP contribution in [0.5, 0.6) is 0 Å². The first kappa shape index (κ1) is 17.0. The summed E-state index contributed by atoms with van der Waals surface area (Å²) >= 11 is 0. The molecule has 0 N–H and O–H groups in total. The predicted molar refractivity (Wildman–Crippen MR) is 108 cm³/mol. The summed E-state index contributed by atoms with van der Waals surface area (Å²) in [5, 5.41) is 4.71. The number of ketones is 1. The Labute approximate surface area is 158 Å². The lowest BCUT2D eigenvalue weighted by molar-refractivity contribution is 0.0940. The second-order valence-corrected chi connectivity index (χ2v) is 6.53. The molecule has 3 aromatic carbocycles. The summed E-state index contributed by atoms with van der Waals surface area (Å²) in [7, 11) is 0. The van der Waals surface area contributed by atoms with E-state index in [0.29, 0.717) is 5.56 Å². The van der Waals surface area contributed by atoms with Crippen LogP contribution in [-0.4, -0.2) is 15.6 Å². The maximum Gasteiger partial charge on any atom is 0.191 e. The fourth-order valence-electron chi connectivity index (χ4n) is 3.34. The topological polar surface area (TPSA) is 34.9 Å². The molecule has 0 radical (unpaired) electrons. The highest BCUT2D eigenvalue weighted by Gasteiger charge is 2.27. The Kier molecular flexibility index (Phi) is 4.67. The lowest BCUT2D eigenvalue weighted by atomic mass is 9.97. The number of carbonyl (C=O) groups is 1. The fraction of sp³-hybridized carbons (Fsp3) is 0.0833. The normalized spacial score (nSPS) is 11.9. The number of rotatable bonds is 5. The molecule has 0 fully saturated rings. The summed E-state index contributed by atoms with van der Waals surface area (Å²) in [6, 6.07) is 30.8. The molecule has 3 nitrogen and oxygen atoms in total. The number of aryl methyl sites for hydroxylation is 1. The average Bonchev–Trinajstić information content (AvgIpc) is 3.11. The molecule has 0 aliphatic heterocycles. The average molecular weight is 352 g/mol. The highest BCUT2D eigenvalue weighted by atomic mass is 16.1. The van der Waals surface area contributed by atoms with Crippen LogP contribution in [0.2, 0.25) is 0 Å². The largest absolute Gasteiger partial charge is 0.291 e. The Hall–Kier alpha value is -3.46. The van der Waals surface area contributed by atoms with Crippen molar-refractivity contribution < 1.29 is 4.79 Å². The first-order valence-electron chi connectivity index (χ1n) is 9.00. The number of Topliss-reactive ketones (excluding diaryl/α,β-unsaturated/α-hetero) is 1. The molecule has 27 heavy (non-hydrogen) atoms. The second kappa shape index (κ2) is 7.42. The van der Waals surface area contributed by atoms with E-state index in [4.69, 9.17) is 5.10 Å². The van der Waals surface area contributed by atoms with E-state index in [1.807, 2.05) is 109 Å². The van der Waals surface area contributed by atoms with Gasteiger partial charge in [0.2, 0.25) is 0 Å². The summed E-state index contributed by atoms with van der Waals surface area (Å²) in [6.07, 6.45) is 0. The van der Waals surface area contributed by atoms with Crippen LogP contribution in [0.25, 0.3) is 11.3 Å². The Balaban J connectivity index is 1.89. The van der Waals surface area contributed by atoms with Gasteiger partial charge in [-0.05, 0) is 24.1 Å². The van der Waals surface area contributed by atoms with Crippen molar-refractivity contribution in [1.29, 1.82) is 0 Å². The van der Waals surface area contributed by atoms with Crippen molar-refractivity contribution in [2.24, 2.45) is 0 Å². The van der Waals surface area contributed by atoms with Crippen LogP contribution in [0.3, 0.4) is 0 Å². The van der Waals surface area contributed by atoms with Crippen LogP contribution in [-0.2, 0) is 0 Å². The molecule has 0 saturated heterocycles. The van der Waals surface area contributed by atoms with Gasteiger partial charge in [0, 0.05) is 5.56 Å². The zero-order chi connectivity index (χ0) is 18.6. The summed E-state index contributed by atoms with van der Waals surface area (Å²) in [5.74, 6) is 0.0297. The van der Waals surface area contributed by atoms with Crippen LogP contribution >= 0.6 is 0 Å². The van der Waals surface area contributed by atoms with Crippen molar-refractivity contribution in [2.75, 3.05) is 0 Å². The number of aromatic nitrogens is 2. The molecule has 0 spiro atoms. The zero-order valence-corrected chi connectivity index (χ0v) is 15.1. The zero-order valence-electron chi connectivity index (χ0n) is 15.1. The van der Waals surface area contributed by atoms with Gasteiger partial charge in [-0.3, -0.25) is 4.79 Å². The number of benzene rings is 3. The first-order valence-corrected chi connectivity index (χ1v) is 9.00. The van der Waals surface area contributed by atoms with E-state index < -0.39 is 6.04 Å². The lowest BCUT2D eigenvalue weighted by Gasteiger charge is -2.20. The standard InChI is InChI=1S/C24H20N2O/c1-18-17-22(19-11-5-2-6-12-19)26(25-18)23(20-13-7-3-8-14-20)24(27)21-15-9-4-10-16-21/h2-17,23H,1H3/t23-/m1/s1. The van der Waals surface area contributed by atoms with Gasteiger partial charge in [-0.15, -0.1) is 0 Å². The second-order valence-electron chi connectivity index (χ2n) is 6.53. The van der Waals surface area contributed by atoms with Crippen molar-refractivity contribution >= 4 is 5.78 Å². The molecular formula is C24H20N2O. The number of carbonyl (C=O) groups excluding carboxylic acids is 1. The quantitative estimate of drug-likeness (QED) is 0.455. The smallest absolute Gasteiger partial charge is 0.191 e. The summed E-state index contributed by atoms with van der Waals surface area (Å²) in [5.41, 5.74) is 4.46. The molecule has 0 aliphatic carbocycles. The minimum Gasteiger partial charge on any atom is -0.291 e. The third-order valence-corrected chi connectivity index (χ3v) is 4.59. The number of hydrogen-bond acceptors (Lipinski definition) is 2. The minimum absolute atomic E-state index is 0.0297. The molecule has 0 bridgehead atoms. The molecule has 0 amide bonds. The van der Waals surface area contributed by atoms with Crippen molar-refractivity contribution in [3.05, 3.63) is 114 Å². The highest BCUT2D eigenvalue weighted by molar-refractivity contribution is 6.01. The van der Waals surface area contributed by atoms with Gasteiger partial charge in [-0.1, -0.05) is 91.0 Å². The van der Waals surface area contributed by atoms with Gasteiger partial charge in [0.15, 0.2) is 5.78 Å². The van der Waals surface area contributed by atoms with Gasteiger partial charge in [0.05, 0.1) is 11.4 Å². The Bertz CT molecular complexity index is 1040. The predicted octanol–water partition coefficient (Wildman–Crippen LogP) is 5.33. The van der Waals surface area contributed by atoms with E-state index in [1.165, 1.54) is 0 Å². The summed E-state index contributed by atoms with van der Waals surface area (Å²) < 4.78 is 1.86. The summed E-state index contributed by atoms with van der Waals surface area (Å²) in [6.45, 7) is 1.96. The third kappa shape index (κ3) is 3.44. The molecule has 4 aromatic rings. The van der Waals surface area contributed by atoms with Crippen LogP contribution < -0.4 is 0 Å². The molecule has 132 valence electrons. The van der Waals surface area contributed by atoms with Crippen molar-refractivity contribution in [2.45, 2.75) is 13.0 Å². The Morgan fingerprint density at radius 3 is 2.00 bits per heavy atom.